The van der Waals surface area contributed by atoms with E-state index in [1.54, 1.807) is 4.90 Å². The van der Waals surface area contributed by atoms with Gasteiger partial charge < -0.3 is 19.9 Å². The highest BCUT2D eigenvalue weighted by Crippen LogP contribution is 2.43. The van der Waals surface area contributed by atoms with Crippen molar-refractivity contribution < 1.29 is 14.3 Å². The summed E-state index contributed by atoms with van der Waals surface area (Å²) in [5, 5.41) is 2.90. The molecule has 1 spiro atoms. The fourth-order valence-corrected chi connectivity index (χ4v) is 4.79. The van der Waals surface area contributed by atoms with E-state index in [9.17, 15) is 9.59 Å². The third-order valence-corrected chi connectivity index (χ3v) is 6.54. The number of piperidine rings is 1. The van der Waals surface area contributed by atoms with E-state index in [4.69, 9.17) is 4.74 Å². The van der Waals surface area contributed by atoms with Crippen molar-refractivity contribution in [2.75, 3.05) is 40.3 Å². The number of likely N-dealkylation sites (tertiary alicyclic amines) is 1. The van der Waals surface area contributed by atoms with Gasteiger partial charge in [0.1, 0.15) is 6.04 Å². The smallest absolute Gasteiger partial charge is 0.247 e. The van der Waals surface area contributed by atoms with Crippen LogP contribution in [0, 0.1) is 0 Å². The number of fused-ring (bicyclic) bond motifs is 2. The zero-order valence-electron chi connectivity index (χ0n) is 19.5. The molecule has 1 aliphatic heterocycles. The summed E-state index contributed by atoms with van der Waals surface area (Å²) in [4.78, 5) is 29.5. The van der Waals surface area contributed by atoms with Gasteiger partial charge in [0.2, 0.25) is 11.8 Å². The molecule has 1 heterocycles. The molecular weight excluding hydrogens is 414 g/mol. The summed E-state index contributed by atoms with van der Waals surface area (Å²) in [6.45, 7) is 2.11. The van der Waals surface area contributed by atoms with Crippen molar-refractivity contribution >= 4 is 17.9 Å². The standard InChI is InChI=1S/C27H33N3O3/c1-29(2)18-25(31)28-24(20-33-19-21-8-4-3-5-9-21)26(32)30-16-14-27(15-17-30)13-12-22-10-6-7-11-23(22)27/h3-13,24H,14-20H2,1-2H3,(H,28,31)/t24-/m1/s1. The Bertz CT molecular complexity index is 995. The summed E-state index contributed by atoms with van der Waals surface area (Å²) in [7, 11) is 3.67. The minimum Gasteiger partial charge on any atom is -0.374 e. The maximum atomic E-state index is 13.4. The van der Waals surface area contributed by atoms with E-state index in [0.29, 0.717) is 19.7 Å². The van der Waals surface area contributed by atoms with Crippen molar-refractivity contribution in [1.82, 2.24) is 15.1 Å². The summed E-state index contributed by atoms with van der Waals surface area (Å²) in [5.74, 6) is -0.247. The van der Waals surface area contributed by atoms with Crippen LogP contribution in [0.5, 0.6) is 0 Å². The zero-order valence-corrected chi connectivity index (χ0v) is 19.5. The third kappa shape index (κ3) is 5.52. The number of allylic oxidation sites excluding steroid dienone is 1. The fraction of sp³-hybridized carbons (Fsp3) is 0.407. The zero-order chi connectivity index (χ0) is 23.3. The van der Waals surface area contributed by atoms with Gasteiger partial charge in [-0.15, -0.1) is 0 Å². The average Bonchev–Trinajstić information content (AvgIpc) is 3.17. The largest absolute Gasteiger partial charge is 0.374 e. The molecule has 1 atom stereocenters. The Morgan fingerprint density at radius 3 is 2.48 bits per heavy atom. The van der Waals surface area contributed by atoms with Crippen molar-refractivity contribution in [3.63, 3.8) is 0 Å². The van der Waals surface area contributed by atoms with Crippen molar-refractivity contribution in [3.05, 3.63) is 77.4 Å². The maximum absolute atomic E-state index is 13.4. The Labute approximate surface area is 196 Å². The Kier molecular flexibility index (Phi) is 7.26. The first-order valence-corrected chi connectivity index (χ1v) is 11.6. The maximum Gasteiger partial charge on any atom is 0.247 e. The number of amides is 2. The molecule has 33 heavy (non-hydrogen) atoms. The molecule has 1 aliphatic carbocycles. The molecule has 6 heteroatoms. The van der Waals surface area contributed by atoms with Gasteiger partial charge in [0.05, 0.1) is 19.8 Å². The Balaban J connectivity index is 1.39. The minimum atomic E-state index is -0.693. The SMILES string of the molecule is CN(C)CC(=O)N[C@H](COCc1ccccc1)C(=O)N1CCC2(C=Cc3ccccc32)CC1. The van der Waals surface area contributed by atoms with Crippen LogP contribution in [0.3, 0.4) is 0 Å². The highest BCUT2D eigenvalue weighted by atomic mass is 16.5. The molecule has 6 nitrogen and oxygen atoms in total. The number of nitrogens with one attached hydrogen (secondary N) is 1. The predicted molar refractivity (Wildman–Crippen MR) is 130 cm³/mol. The number of hydrogen-bond donors (Lipinski definition) is 1. The second kappa shape index (κ2) is 10.3. The van der Waals surface area contributed by atoms with Crippen LogP contribution in [0.2, 0.25) is 0 Å². The van der Waals surface area contributed by atoms with E-state index in [1.165, 1.54) is 11.1 Å². The molecule has 174 valence electrons. The molecule has 1 N–H and O–H groups in total. The van der Waals surface area contributed by atoms with Gasteiger partial charge in [0.25, 0.3) is 0 Å². The molecule has 2 aromatic rings. The molecule has 0 unspecified atom stereocenters. The van der Waals surface area contributed by atoms with Crippen LogP contribution in [-0.2, 0) is 26.3 Å². The first-order chi connectivity index (χ1) is 16.0. The summed E-state index contributed by atoms with van der Waals surface area (Å²) in [6.07, 6.45) is 6.28. The lowest BCUT2D eigenvalue weighted by molar-refractivity contribution is -0.139. The first-order valence-electron chi connectivity index (χ1n) is 11.6. The predicted octanol–water partition coefficient (Wildman–Crippen LogP) is 2.84. The summed E-state index contributed by atoms with van der Waals surface area (Å²) >= 11 is 0. The van der Waals surface area contributed by atoms with Crippen molar-refractivity contribution in [2.24, 2.45) is 0 Å². The van der Waals surface area contributed by atoms with Crippen LogP contribution >= 0.6 is 0 Å². The quantitative estimate of drug-likeness (QED) is 0.676. The molecule has 0 aromatic heterocycles. The van der Waals surface area contributed by atoms with Crippen LogP contribution in [0.15, 0.2) is 60.7 Å². The number of benzene rings is 2. The molecule has 1 fully saturated rings. The number of ether oxygens (including phenoxy) is 1. The second-order valence-electron chi connectivity index (χ2n) is 9.26. The number of carbonyl (C=O) groups is 2. The lowest BCUT2D eigenvalue weighted by Gasteiger charge is -2.40. The minimum absolute atomic E-state index is 0.0147. The van der Waals surface area contributed by atoms with Gasteiger partial charge in [0.15, 0.2) is 0 Å². The van der Waals surface area contributed by atoms with E-state index in [-0.39, 0.29) is 30.4 Å². The van der Waals surface area contributed by atoms with Crippen molar-refractivity contribution in [1.29, 1.82) is 0 Å². The fourth-order valence-electron chi connectivity index (χ4n) is 4.79. The van der Waals surface area contributed by atoms with E-state index >= 15 is 0 Å². The molecule has 4 rings (SSSR count). The molecule has 0 radical (unpaired) electrons. The summed E-state index contributed by atoms with van der Waals surface area (Å²) in [6, 6.07) is 17.7. The van der Waals surface area contributed by atoms with E-state index in [0.717, 1.165) is 18.4 Å². The van der Waals surface area contributed by atoms with E-state index < -0.39 is 6.04 Å². The van der Waals surface area contributed by atoms with Crippen LogP contribution in [-0.4, -0.2) is 68.0 Å². The van der Waals surface area contributed by atoms with Crippen LogP contribution in [0.4, 0.5) is 0 Å². The summed E-state index contributed by atoms with van der Waals surface area (Å²) in [5.41, 5.74) is 3.69. The number of carbonyl (C=O) groups excluding carboxylic acids is 2. The molecular formula is C27H33N3O3. The van der Waals surface area contributed by atoms with Gasteiger partial charge >= 0.3 is 0 Å². The monoisotopic (exact) mass is 447 g/mol. The highest BCUT2D eigenvalue weighted by Gasteiger charge is 2.40. The van der Waals surface area contributed by atoms with Gasteiger partial charge in [-0.1, -0.05) is 66.7 Å². The van der Waals surface area contributed by atoms with Crippen molar-refractivity contribution in [2.45, 2.75) is 30.9 Å². The second-order valence-corrected chi connectivity index (χ2v) is 9.26. The molecule has 2 amide bonds. The van der Waals surface area contributed by atoms with Gasteiger partial charge in [-0.25, -0.2) is 0 Å². The lowest BCUT2D eigenvalue weighted by Crippen LogP contribution is -2.55. The summed E-state index contributed by atoms with van der Waals surface area (Å²) < 4.78 is 5.85. The topological polar surface area (TPSA) is 61.9 Å². The van der Waals surface area contributed by atoms with Gasteiger partial charge in [-0.3, -0.25) is 9.59 Å². The molecule has 1 saturated heterocycles. The average molecular weight is 448 g/mol. The van der Waals surface area contributed by atoms with Crippen LogP contribution in [0.1, 0.15) is 29.5 Å². The lowest BCUT2D eigenvalue weighted by atomic mass is 9.74. The number of rotatable bonds is 8. The van der Waals surface area contributed by atoms with E-state index in [1.807, 2.05) is 49.3 Å². The van der Waals surface area contributed by atoms with Crippen molar-refractivity contribution in [3.8, 4) is 0 Å². The molecule has 2 aliphatic rings. The number of likely N-dealkylation sites (N-methyl/N-ethyl adjacent to an activating group) is 1. The van der Waals surface area contributed by atoms with Crippen LogP contribution < -0.4 is 5.32 Å². The molecule has 0 bridgehead atoms. The third-order valence-electron chi connectivity index (χ3n) is 6.54. The highest BCUT2D eigenvalue weighted by molar-refractivity contribution is 5.88. The molecule has 0 saturated carbocycles. The number of nitrogens with zero attached hydrogens (tertiary/aromatic N) is 2. The van der Waals surface area contributed by atoms with Gasteiger partial charge in [-0.2, -0.15) is 0 Å². The number of hydrogen-bond acceptors (Lipinski definition) is 4. The van der Waals surface area contributed by atoms with E-state index in [2.05, 4.69) is 41.7 Å². The Morgan fingerprint density at radius 1 is 1.06 bits per heavy atom. The molecule has 2 aromatic carbocycles. The first kappa shape index (κ1) is 23.2. The Morgan fingerprint density at radius 2 is 1.76 bits per heavy atom. The van der Waals surface area contributed by atoms with Gasteiger partial charge in [-0.05, 0) is 43.6 Å². The van der Waals surface area contributed by atoms with Crippen LogP contribution in [0.25, 0.3) is 6.08 Å². The Hall–Kier alpha value is -2.96. The van der Waals surface area contributed by atoms with Gasteiger partial charge in [0, 0.05) is 18.5 Å². The normalized spacial score (nSPS) is 17.2.